The van der Waals surface area contributed by atoms with Crippen LogP contribution in [-0.2, 0) is 17.8 Å². The van der Waals surface area contributed by atoms with Gasteiger partial charge in [-0.25, -0.2) is 4.79 Å². The largest absolute Gasteiger partial charge is 0.444 e. The maximum atomic E-state index is 11.7. The van der Waals surface area contributed by atoms with Crippen LogP contribution >= 0.6 is 0 Å². The Bertz CT molecular complexity index is 537. The number of carbonyl (C=O) groups is 1. The first-order chi connectivity index (χ1) is 9.28. The number of aryl methyl sites for hydroxylation is 1. The molecule has 0 saturated carbocycles. The van der Waals surface area contributed by atoms with E-state index in [4.69, 9.17) is 4.74 Å². The first-order valence-corrected chi connectivity index (χ1v) is 6.34. The van der Waals surface area contributed by atoms with E-state index < -0.39 is 6.09 Å². The van der Waals surface area contributed by atoms with E-state index in [-0.39, 0.29) is 6.61 Å². The lowest BCUT2D eigenvalue weighted by molar-refractivity contribution is 0.155. The number of benzene rings is 2. The fourth-order valence-electron chi connectivity index (χ4n) is 1.75. The first-order valence-electron chi connectivity index (χ1n) is 6.34. The summed E-state index contributed by atoms with van der Waals surface area (Å²) in [5.41, 5.74) is 2.92. The predicted octanol–water partition coefficient (Wildman–Crippen LogP) is 4.00. The molecule has 2 aromatic carbocycles. The normalized spacial score (nSPS) is 9.95. The number of nitrogens with one attached hydrogen (secondary N) is 1. The quantitative estimate of drug-likeness (QED) is 0.896. The van der Waals surface area contributed by atoms with Crippen molar-refractivity contribution >= 4 is 11.8 Å². The van der Waals surface area contributed by atoms with Crippen molar-refractivity contribution in [2.24, 2.45) is 0 Å². The van der Waals surface area contributed by atoms with Crippen molar-refractivity contribution < 1.29 is 9.53 Å². The van der Waals surface area contributed by atoms with Gasteiger partial charge in [0, 0.05) is 5.69 Å². The van der Waals surface area contributed by atoms with Crippen molar-refractivity contribution in [2.75, 3.05) is 5.32 Å². The van der Waals surface area contributed by atoms with Gasteiger partial charge in [0.15, 0.2) is 0 Å². The van der Waals surface area contributed by atoms with Crippen LogP contribution in [-0.4, -0.2) is 6.09 Å². The van der Waals surface area contributed by atoms with E-state index >= 15 is 0 Å². The molecule has 0 bridgehead atoms. The second-order valence-electron chi connectivity index (χ2n) is 4.24. The van der Waals surface area contributed by atoms with Crippen LogP contribution in [0.3, 0.4) is 0 Å². The molecule has 0 heterocycles. The molecule has 0 saturated heterocycles. The predicted molar refractivity (Wildman–Crippen MR) is 76.1 cm³/mol. The summed E-state index contributed by atoms with van der Waals surface area (Å²) in [5.74, 6) is 0. The third kappa shape index (κ3) is 4.14. The summed E-state index contributed by atoms with van der Waals surface area (Å²) in [6.07, 6.45) is 0.506. The number of ether oxygens (including phenoxy) is 1. The van der Waals surface area contributed by atoms with Gasteiger partial charge in [-0.05, 0) is 29.7 Å². The van der Waals surface area contributed by atoms with E-state index in [1.165, 1.54) is 5.56 Å². The molecular weight excluding hydrogens is 238 g/mol. The van der Waals surface area contributed by atoms with Crippen molar-refractivity contribution in [3.05, 3.63) is 65.7 Å². The second kappa shape index (κ2) is 6.59. The van der Waals surface area contributed by atoms with Gasteiger partial charge in [-0.15, -0.1) is 0 Å². The Hall–Kier alpha value is -2.29. The van der Waals surface area contributed by atoms with E-state index in [1.807, 2.05) is 54.6 Å². The van der Waals surface area contributed by atoms with Gasteiger partial charge < -0.3 is 4.74 Å². The number of carbonyl (C=O) groups excluding carboxylic acids is 1. The van der Waals surface area contributed by atoms with Crippen LogP contribution in [0.5, 0.6) is 0 Å². The molecule has 3 nitrogen and oxygen atoms in total. The molecule has 2 aromatic rings. The smallest absolute Gasteiger partial charge is 0.411 e. The van der Waals surface area contributed by atoms with Gasteiger partial charge in [-0.2, -0.15) is 0 Å². The van der Waals surface area contributed by atoms with Gasteiger partial charge in [0.05, 0.1) is 0 Å². The average Bonchev–Trinajstić information content (AvgIpc) is 2.46. The molecule has 0 spiro atoms. The summed E-state index contributed by atoms with van der Waals surface area (Å²) in [6.45, 7) is 2.35. The number of rotatable bonds is 4. The molecule has 0 aromatic heterocycles. The molecule has 0 radical (unpaired) electrons. The summed E-state index contributed by atoms with van der Waals surface area (Å²) in [5, 5.41) is 2.73. The van der Waals surface area contributed by atoms with Crippen LogP contribution in [0, 0.1) is 0 Å². The lowest BCUT2D eigenvalue weighted by Crippen LogP contribution is -2.13. The Labute approximate surface area is 113 Å². The highest BCUT2D eigenvalue weighted by Crippen LogP contribution is 2.11. The number of hydrogen-bond donors (Lipinski definition) is 1. The van der Waals surface area contributed by atoms with Crippen molar-refractivity contribution in [3.63, 3.8) is 0 Å². The minimum atomic E-state index is -0.433. The van der Waals surface area contributed by atoms with Gasteiger partial charge in [0.2, 0.25) is 0 Å². The van der Waals surface area contributed by atoms with Crippen LogP contribution in [0.25, 0.3) is 0 Å². The number of amides is 1. The van der Waals surface area contributed by atoms with Gasteiger partial charge >= 0.3 is 6.09 Å². The molecule has 0 unspecified atom stereocenters. The molecule has 3 heteroatoms. The summed E-state index contributed by atoms with van der Waals surface area (Å²) >= 11 is 0. The van der Waals surface area contributed by atoms with Gasteiger partial charge in [0.25, 0.3) is 0 Å². The van der Waals surface area contributed by atoms with Crippen molar-refractivity contribution in [1.82, 2.24) is 0 Å². The lowest BCUT2D eigenvalue weighted by Gasteiger charge is -2.08. The van der Waals surface area contributed by atoms with E-state index in [0.29, 0.717) is 0 Å². The van der Waals surface area contributed by atoms with Gasteiger partial charge in [-0.1, -0.05) is 49.4 Å². The molecule has 19 heavy (non-hydrogen) atoms. The maximum Gasteiger partial charge on any atom is 0.411 e. The summed E-state index contributed by atoms with van der Waals surface area (Å²) in [7, 11) is 0. The van der Waals surface area contributed by atoms with Crippen molar-refractivity contribution in [2.45, 2.75) is 20.0 Å². The zero-order chi connectivity index (χ0) is 13.5. The fraction of sp³-hybridized carbons (Fsp3) is 0.188. The highest BCUT2D eigenvalue weighted by Gasteiger charge is 2.03. The Morgan fingerprint density at radius 2 is 1.79 bits per heavy atom. The molecule has 0 aliphatic heterocycles. The van der Waals surface area contributed by atoms with E-state index in [1.54, 1.807) is 0 Å². The number of anilines is 1. The highest BCUT2D eigenvalue weighted by molar-refractivity contribution is 5.84. The van der Waals surface area contributed by atoms with Gasteiger partial charge in [0.1, 0.15) is 6.61 Å². The van der Waals surface area contributed by atoms with Crippen LogP contribution in [0.1, 0.15) is 18.1 Å². The van der Waals surface area contributed by atoms with Crippen LogP contribution < -0.4 is 5.32 Å². The maximum absolute atomic E-state index is 11.7. The molecule has 0 aliphatic rings. The molecule has 0 fully saturated rings. The third-order valence-corrected chi connectivity index (χ3v) is 2.79. The topological polar surface area (TPSA) is 38.3 Å². The van der Waals surface area contributed by atoms with Crippen LogP contribution in [0.4, 0.5) is 10.5 Å². The monoisotopic (exact) mass is 255 g/mol. The Balaban J connectivity index is 1.87. The van der Waals surface area contributed by atoms with Crippen LogP contribution in [0.2, 0.25) is 0 Å². The summed E-state index contributed by atoms with van der Waals surface area (Å²) in [4.78, 5) is 11.7. The van der Waals surface area contributed by atoms with Crippen molar-refractivity contribution in [1.29, 1.82) is 0 Å². The molecule has 0 atom stereocenters. The fourth-order valence-corrected chi connectivity index (χ4v) is 1.75. The molecule has 2 rings (SSSR count). The number of hydrogen-bond acceptors (Lipinski definition) is 2. The average molecular weight is 255 g/mol. The minimum Gasteiger partial charge on any atom is -0.444 e. The van der Waals surface area contributed by atoms with E-state index in [2.05, 4.69) is 12.2 Å². The van der Waals surface area contributed by atoms with E-state index in [0.717, 1.165) is 17.7 Å². The second-order valence-corrected chi connectivity index (χ2v) is 4.24. The zero-order valence-electron chi connectivity index (χ0n) is 10.9. The lowest BCUT2D eigenvalue weighted by atomic mass is 10.1. The van der Waals surface area contributed by atoms with Crippen LogP contribution in [0.15, 0.2) is 54.6 Å². The molecule has 1 N–H and O–H groups in total. The summed E-state index contributed by atoms with van der Waals surface area (Å²) in [6, 6.07) is 17.4. The third-order valence-electron chi connectivity index (χ3n) is 2.79. The first kappa shape index (κ1) is 13.1. The Morgan fingerprint density at radius 3 is 2.53 bits per heavy atom. The Kier molecular flexibility index (Phi) is 4.56. The Morgan fingerprint density at radius 1 is 1.05 bits per heavy atom. The van der Waals surface area contributed by atoms with E-state index in [9.17, 15) is 4.79 Å². The minimum absolute atomic E-state index is 0.278. The summed E-state index contributed by atoms with van der Waals surface area (Å²) < 4.78 is 5.16. The molecular formula is C16H17NO2. The van der Waals surface area contributed by atoms with Crippen molar-refractivity contribution in [3.8, 4) is 0 Å². The standard InChI is InChI=1S/C16H17NO2/c1-2-13-9-6-10-15(11-13)17-16(18)19-12-14-7-4-3-5-8-14/h3-11H,2,12H2,1H3,(H,17,18). The molecule has 98 valence electrons. The molecule has 0 aliphatic carbocycles. The molecule has 1 amide bonds. The zero-order valence-corrected chi connectivity index (χ0v) is 10.9. The highest BCUT2D eigenvalue weighted by atomic mass is 16.5. The van der Waals surface area contributed by atoms with Gasteiger partial charge in [-0.3, -0.25) is 5.32 Å². The SMILES string of the molecule is CCc1cccc(NC(=O)OCc2ccccc2)c1.